The summed E-state index contributed by atoms with van der Waals surface area (Å²) in [6.45, 7) is 0.212. The van der Waals surface area contributed by atoms with Gasteiger partial charge in [0.1, 0.15) is 4.88 Å². The molecule has 0 saturated carbocycles. The molecule has 7 nitrogen and oxygen atoms in total. The molecule has 0 radical (unpaired) electrons. The number of hydrogen-bond acceptors (Lipinski definition) is 4. The highest BCUT2D eigenvalue weighted by Gasteiger charge is 2.53. The minimum absolute atomic E-state index is 0.144. The Morgan fingerprint density at radius 3 is 2.73 bits per heavy atom. The Hall–Kier alpha value is -1.65. The number of amides is 1. The zero-order chi connectivity index (χ0) is 19.1. The van der Waals surface area contributed by atoms with Crippen molar-refractivity contribution in [1.29, 1.82) is 0 Å². The fraction of sp³-hybridized carbons (Fsp3) is 0.143. The Balaban J connectivity index is 1.93. The molecule has 26 heavy (non-hydrogen) atoms. The van der Waals surface area contributed by atoms with Crippen LogP contribution in [0.15, 0.2) is 34.9 Å². The number of alkyl halides is 2. The first-order valence-electron chi connectivity index (χ1n) is 7.03. The first kappa shape index (κ1) is 19.1. The molecule has 3 rings (SSSR count). The average Bonchev–Trinajstić information content (AvgIpc) is 3.19. The number of fused-ring (bicyclic) bond motifs is 1. The van der Waals surface area contributed by atoms with Crippen molar-refractivity contribution in [3.8, 4) is 0 Å². The van der Waals surface area contributed by atoms with Crippen LogP contribution in [0.1, 0.15) is 20.9 Å². The van der Waals surface area contributed by atoms with E-state index in [-0.39, 0.29) is 22.0 Å². The van der Waals surface area contributed by atoms with Gasteiger partial charge in [0.05, 0.1) is 12.2 Å². The molecule has 0 unspecified atom stereocenters. The summed E-state index contributed by atoms with van der Waals surface area (Å²) in [4.78, 5) is 29.3. The van der Waals surface area contributed by atoms with Gasteiger partial charge in [-0.25, -0.2) is 0 Å². The number of hydrogen-bond donors (Lipinski definition) is 4. The molecule has 1 aromatic carbocycles. The number of thiophene rings is 1. The van der Waals surface area contributed by atoms with Crippen molar-refractivity contribution in [2.75, 3.05) is 0 Å². The van der Waals surface area contributed by atoms with Crippen molar-refractivity contribution >= 4 is 50.9 Å². The van der Waals surface area contributed by atoms with Gasteiger partial charge in [-0.1, -0.05) is 0 Å². The zero-order valence-electron chi connectivity index (χ0n) is 12.7. The molecule has 0 spiro atoms. The standard InChI is InChI=1S/C14H11BrF2N3O4PS/c15-11-9-5-7(13(21)18-6-8-3-4-19-20-8)1-2-10(9)26-12(11)14(16,17)25(22,23)24/h1-5H,6H2,(H,18,21)(H,19,20)(H2,22,23,24). The molecular weight excluding hydrogens is 455 g/mol. The fourth-order valence-electron chi connectivity index (χ4n) is 2.20. The molecule has 2 heterocycles. The highest BCUT2D eigenvalue weighted by molar-refractivity contribution is 9.10. The van der Waals surface area contributed by atoms with E-state index in [0.29, 0.717) is 21.7 Å². The molecule has 0 fully saturated rings. The van der Waals surface area contributed by atoms with Crippen LogP contribution in [0.2, 0.25) is 0 Å². The Labute approximate surface area is 157 Å². The van der Waals surface area contributed by atoms with Crippen LogP contribution in [0.3, 0.4) is 0 Å². The molecule has 0 bridgehead atoms. The molecule has 12 heteroatoms. The Morgan fingerprint density at radius 2 is 2.12 bits per heavy atom. The summed E-state index contributed by atoms with van der Waals surface area (Å²) >= 11 is 3.53. The van der Waals surface area contributed by atoms with Gasteiger partial charge >= 0.3 is 13.3 Å². The summed E-state index contributed by atoms with van der Waals surface area (Å²) in [5.74, 6) is -0.428. The Kier molecular flexibility index (Phi) is 5.02. The number of H-pyrrole nitrogens is 1. The zero-order valence-corrected chi connectivity index (χ0v) is 16.0. The van der Waals surface area contributed by atoms with E-state index in [1.54, 1.807) is 12.3 Å². The van der Waals surface area contributed by atoms with Crippen molar-refractivity contribution < 1.29 is 27.9 Å². The van der Waals surface area contributed by atoms with Crippen molar-refractivity contribution in [2.45, 2.75) is 12.2 Å². The number of carbonyl (C=O) groups excluding carboxylic acids is 1. The van der Waals surface area contributed by atoms with Crippen LogP contribution in [0.5, 0.6) is 0 Å². The van der Waals surface area contributed by atoms with Gasteiger partial charge in [0.2, 0.25) is 0 Å². The third kappa shape index (κ3) is 3.45. The Morgan fingerprint density at radius 1 is 1.38 bits per heavy atom. The van der Waals surface area contributed by atoms with Gasteiger partial charge in [0.25, 0.3) is 5.91 Å². The summed E-state index contributed by atoms with van der Waals surface area (Å²) in [5.41, 5.74) is -3.40. The van der Waals surface area contributed by atoms with Crippen LogP contribution in [0, 0.1) is 0 Å². The van der Waals surface area contributed by atoms with E-state index in [1.165, 1.54) is 18.2 Å². The summed E-state index contributed by atoms with van der Waals surface area (Å²) in [6, 6.07) is 5.98. The first-order valence-corrected chi connectivity index (χ1v) is 10.3. The normalized spacial score (nSPS) is 12.5. The SMILES string of the molecule is O=C(NCc1ccn[nH]1)c1ccc2sc(C(F)(F)P(=O)(O)O)c(Br)c2c1. The molecule has 3 aromatic rings. The van der Waals surface area contributed by atoms with Gasteiger partial charge < -0.3 is 15.1 Å². The Bertz CT molecular complexity index is 1020. The lowest BCUT2D eigenvalue weighted by Crippen LogP contribution is -2.22. The molecule has 0 aliphatic heterocycles. The van der Waals surface area contributed by atoms with Gasteiger partial charge in [-0.2, -0.15) is 13.9 Å². The van der Waals surface area contributed by atoms with E-state index in [0.717, 1.165) is 0 Å². The number of aromatic amines is 1. The second kappa shape index (κ2) is 6.82. The first-order chi connectivity index (χ1) is 12.1. The van der Waals surface area contributed by atoms with Gasteiger partial charge in [-0.15, -0.1) is 11.3 Å². The maximum Gasteiger partial charge on any atom is 0.400 e. The lowest BCUT2D eigenvalue weighted by molar-refractivity contribution is 0.0595. The van der Waals surface area contributed by atoms with Crippen LogP contribution in [-0.4, -0.2) is 25.9 Å². The monoisotopic (exact) mass is 465 g/mol. The number of nitrogens with zero attached hydrogens (tertiary/aromatic N) is 1. The molecule has 2 aromatic heterocycles. The third-order valence-corrected chi connectivity index (χ3v) is 6.96. The van der Waals surface area contributed by atoms with Crippen molar-refractivity contribution in [3.63, 3.8) is 0 Å². The highest BCUT2D eigenvalue weighted by atomic mass is 79.9. The number of nitrogens with one attached hydrogen (secondary N) is 2. The third-order valence-electron chi connectivity index (χ3n) is 3.53. The minimum Gasteiger partial charge on any atom is -0.346 e. The smallest absolute Gasteiger partial charge is 0.346 e. The second-order valence-corrected chi connectivity index (χ2v) is 8.80. The number of carbonyl (C=O) groups is 1. The van der Waals surface area contributed by atoms with Gasteiger partial charge in [0.15, 0.2) is 0 Å². The minimum atomic E-state index is -5.68. The molecule has 0 aliphatic carbocycles. The maximum atomic E-state index is 14.0. The summed E-state index contributed by atoms with van der Waals surface area (Å²) in [7, 11) is -5.68. The highest BCUT2D eigenvalue weighted by Crippen LogP contribution is 2.62. The number of benzene rings is 1. The van der Waals surface area contributed by atoms with Crippen molar-refractivity contribution in [3.05, 3.63) is 51.1 Å². The summed E-state index contributed by atoms with van der Waals surface area (Å²) in [6.07, 6.45) is 1.54. The van der Waals surface area contributed by atoms with Crippen molar-refractivity contribution in [1.82, 2.24) is 15.5 Å². The van der Waals surface area contributed by atoms with Crippen LogP contribution < -0.4 is 5.32 Å². The summed E-state index contributed by atoms with van der Waals surface area (Å²) in [5, 5.41) is 9.37. The number of aromatic nitrogens is 2. The largest absolute Gasteiger partial charge is 0.400 e. The van der Waals surface area contributed by atoms with Crippen LogP contribution in [0.4, 0.5) is 8.78 Å². The topological polar surface area (TPSA) is 115 Å². The lowest BCUT2D eigenvalue weighted by Gasteiger charge is -2.16. The average molecular weight is 466 g/mol. The molecular formula is C14H11BrF2N3O4PS. The quantitative estimate of drug-likeness (QED) is 0.430. The molecule has 0 atom stereocenters. The maximum absolute atomic E-state index is 14.0. The molecule has 4 N–H and O–H groups in total. The van der Waals surface area contributed by atoms with Crippen LogP contribution in [-0.2, 0) is 16.8 Å². The fourth-order valence-corrected chi connectivity index (χ4v) is 5.12. The lowest BCUT2D eigenvalue weighted by atomic mass is 10.1. The van der Waals surface area contributed by atoms with E-state index >= 15 is 0 Å². The van der Waals surface area contributed by atoms with E-state index in [4.69, 9.17) is 9.79 Å². The van der Waals surface area contributed by atoms with E-state index in [9.17, 15) is 18.1 Å². The van der Waals surface area contributed by atoms with E-state index in [2.05, 4.69) is 31.4 Å². The van der Waals surface area contributed by atoms with Crippen LogP contribution >= 0.6 is 34.9 Å². The molecule has 138 valence electrons. The van der Waals surface area contributed by atoms with E-state index < -0.39 is 24.0 Å². The second-order valence-electron chi connectivity index (χ2n) is 5.31. The predicted octanol–water partition coefficient (Wildman–Crippen LogP) is 3.54. The van der Waals surface area contributed by atoms with E-state index in [1.807, 2.05) is 0 Å². The van der Waals surface area contributed by atoms with Gasteiger partial charge in [0, 0.05) is 26.3 Å². The molecule has 0 saturated heterocycles. The number of rotatable bonds is 5. The van der Waals surface area contributed by atoms with Crippen molar-refractivity contribution in [2.24, 2.45) is 0 Å². The number of halogens is 3. The molecule has 0 aliphatic rings. The predicted molar refractivity (Wildman–Crippen MR) is 95.2 cm³/mol. The van der Waals surface area contributed by atoms with Gasteiger partial charge in [-0.05, 0) is 40.2 Å². The molecule has 1 amide bonds. The van der Waals surface area contributed by atoms with Gasteiger partial charge in [-0.3, -0.25) is 14.5 Å². The summed E-state index contributed by atoms with van der Waals surface area (Å²) < 4.78 is 39.4. The van der Waals surface area contributed by atoms with Crippen LogP contribution in [0.25, 0.3) is 10.1 Å².